The number of anilines is 1. The van der Waals surface area contributed by atoms with E-state index >= 15 is 0 Å². The van der Waals surface area contributed by atoms with Crippen molar-refractivity contribution in [3.8, 4) is 0 Å². The number of hydrogen-bond donors (Lipinski definition) is 2. The summed E-state index contributed by atoms with van der Waals surface area (Å²) in [4.78, 5) is 11.9. The molecule has 0 radical (unpaired) electrons. The Bertz CT molecular complexity index is 369. The Labute approximate surface area is 103 Å². The van der Waals surface area contributed by atoms with Crippen LogP contribution >= 0.6 is 0 Å². The normalized spacial score (nSPS) is 18.4. The van der Waals surface area contributed by atoms with E-state index in [2.05, 4.69) is 17.6 Å². The maximum atomic E-state index is 11.9. The van der Waals surface area contributed by atoms with Crippen molar-refractivity contribution in [2.75, 3.05) is 5.32 Å². The molecule has 1 saturated carbocycles. The summed E-state index contributed by atoms with van der Waals surface area (Å²) in [5.41, 5.74) is 0.807. The number of carbonyl (C=O) groups is 1. The Morgan fingerprint density at radius 1 is 1.12 bits per heavy atom. The average Bonchev–Trinajstić information content (AvgIpc) is 2.30. The molecule has 0 aromatic heterocycles. The summed E-state index contributed by atoms with van der Waals surface area (Å²) in [6.45, 7) is 2.14. The summed E-state index contributed by atoms with van der Waals surface area (Å²) in [6.07, 6.45) is 5.87. The van der Waals surface area contributed by atoms with Gasteiger partial charge >= 0.3 is 6.03 Å². The maximum Gasteiger partial charge on any atom is 0.319 e. The van der Waals surface area contributed by atoms with E-state index in [1.165, 1.54) is 19.3 Å². The largest absolute Gasteiger partial charge is 0.333 e. The van der Waals surface area contributed by atoms with E-state index in [9.17, 15) is 4.79 Å². The third-order valence-corrected chi connectivity index (χ3v) is 3.40. The Hall–Kier alpha value is -1.51. The summed E-state index contributed by atoms with van der Waals surface area (Å²) in [5, 5.41) is 5.96. The van der Waals surface area contributed by atoms with Crippen LogP contribution in [0.4, 0.5) is 10.5 Å². The van der Waals surface area contributed by atoms with Gasteiger partial charge in [-0.3, -0.25) is 0 Å². The average molecular weight is 232 g/mol. The van der Waals surface area contributed by atoms with Gasteiger partial charge in [-0.05, 0) is 31.9 Å². The fourth-order valence-corrected chi connectivity index (χ4v) is 2.42. The quantitative estimate of drug-likeness (QED) is 0.804. The van der Waals surface area contributed by atoms with Gasteiger partial charge in [-0.25, -0.2) is 4.79 Å². The molecule has 0 atom stereocenters. The second-order valence-corrected chi connectivity index (χ2v) is 5.07. The second kappa shape index (κ2) is 5.21. The Morgan fingerprint density at radius 2 is 1.76 bits per heavy atom. The number of amides is 2. The van der Waals surface area contributed by atoms with Gasteiger partial charge in [0.25, 0.3) is 0 Å². The molecule has 0 aliphatic heterocycles. The highest BCUT2D eigenvalue weighted by atomic mass is 16.2. The van der Waals surface area contributed by atoms with Crippen LogP contribution < -0.4 is 10.6 Å². The lowest BCUT2D eigenvalue weighted by Gasteiger charge is -2.34. The van der Waals surface area contributed by atoms with Gasteiger partial charge in [-0.2, -0.15) is 0 Å². The number of urea groups is 1. The van der Waals surface area contributed by atoms with Crippen molar-refractivity contribution in [3.63, 3.8) is 0 Å². The first-order valence-corrected chi connectivity index (χ1v) is 6.32. The third kappa shape index (κ3) is 3.48. The van der Waals surface area contributed by atoms with Crippen molar-refractivity contribution in [2.24, 2.45) is 0 Å². The summed E-state index contributed by atoms with van der Waals surface area (Å²) in [5.74, 6) is 0. The highest BCUT2D eigenvalue weighted by Crippen LogP contribution is 2.27. The number of carbonyl (C=O) groups excluding carboxylic acids is 1. The molecule has 1 aliphatic carbocycles. The zero-order valence-corrected chi connectivity index (χ0v) is 10.3. The SMILES string of the molecule is CC1(NC(=O)Nc2ccccc2)CCCCC1. The van der Waals surface area contributed by atoms with Gasteiger partial charge in [-0.1, -0.05) is 37.5 Å². The fraction of sp³-hybridized carbons (Fsp3) is 0.500. The van der Waals surface area contributed by atoms with Crippen LogP contribution in [0.25, 0.3) is 0 Å². The molecule has 1 aliphatic rings. The lowest BCUT2D eigenvalue weighted by molar-refractivity contribution is 0.221. The van der Waals surface area contributed by atoms with Crippen LogP contribution in [0, 0.1) is 0 Å². The summed E-state index contributed by atoms with van der Waals surface area (Å²) >= 11 is 0. The monoisotopic (exact) mass is 232 g/mol. The van der Waals surface area contributed by atoms with E-state index in [0.717, 1.165) is 18.5 Å². The van der Waals surface area contributed by atoms with Crippen LogP contribution in [0.5, 0.6) is 0 Å². The lowest BCUT2D eigenvalue weighted by atomic mass is 9.83. The second-order valence-electron chi connectivity index (χ2n) is 5.07. The van der Waals surface area contributed by atoms with Crippen LogP contribution in [0.15, 0.2) is 30.3 Å². The van der Waals surface area contributed by atoms with Gasteiger partial charge in [0.2, 0.25) is 0 Å². The van der Waals surface area contributed by atoms with Crippen molar-refractivity contribution >= 4 is 11.7 Å². The summed E-state index contributed by atoms with van der Waals surface area (Å²) < 4.78 is 0. The van der Waals surface area contributed by atoms with E-state index < -0.39 is 0 Å². The highest BCUT2D eigenvalue weighted by molar-refractivity contribution is 5.89. The fourth-order valence-electron chi connectivity index (χ4n) is 2.42. The molecule has 92 valence electrons. The van der Waals surface area contributed by atoms with Gasteiger partial charge < -0.3 is 10.6 Å². The van der Waals surface area contributed by atoms with Crippen LogP contribution in [0.2, 0.25) is 0 Å². The Kier molecular flexibility index (Phi) is 3.67. The van der Waals surface area contributed by atoms with Crippen LogP contribution in [0.1, 0.15) is 39.0 Å². The first kappa shape index (κ1) is 12.0. The molecule has 1 aromatic carbocycles. The standard InChI is InChI=1S/C14H20N2O/c1-14(10-6-3-7-11-14)16-13(17)15-12-8-4-2-5-9-12/h2,4-5,8-9H,3,6-7,10-11H2,1H3,(H2,15,16,17). The minimum absolute atomic E-state index is 0.0306. The van der Waals surface area contributed by atoms with E-state index in [1.807, 2.05) is 30.3 Å². The third-order valence-electron chi connectivity index (χ3n) is 3.40. The number of benzene rings is 1. The van der Waals surface area contributed by atoms with E-state index in [1.54, 1.807) is 0 Å². The molecule has 3 nitrogen and oxygen atoms in total. The zero-order chi connectivity index (χ0) is 12.1. The number of para-hydroxylation sites is 1. The van der Waals surface area contributed by atoms with Gasteiger partial charge in [0.1, 0.15) is 0 Å². The Balaban J connectivity index is 1.88. The molecule has 0 spiro atoms. The van der Waals surface area contributed by atoms with Gasteiger partial charge in [0.05, 0.1) is 0 Å². The first-order chi connectivity index (χ1) is 8.18. The number of nitrogens with one attached hydrogen (secondary N) is 2. The molecule has 3 heteroatoms. The predicted octanol–water partition coefficient (Wildman–Crippen LogP) is 3.53. The predicted molar refractivity (Wildman–Crippen MR) is 70.1 cm³/mol. The van der Waals surface area contributed by atoms with Crippen molar-refractivity contribution in [2.45, 2.75) is 44.6 Å². The summed E-state index contributed by atoms with van der Waals surface area (Å²) in [6, 6.07) is 9.45. The number of rotatable bonds is 2. The van der Waals surface area contributed by atoms with Gasteiger partial charge in [0.15, 0.2) is 0 Å². The molecule has 2 N–H and O–H groups in total. The highest BCUT2D eigenvalue weighted by Gasteiger charge is 2.28. The van der Waals surface area contributed by atoms with Gasteiger partial charge in [0, 0.05) is 11.2 Å². The van der Waals surface area contributed by atoms with E-state index in [4.69, 9.17) is 0 Å². The topological polar surface area (TPSA) is 41.1 Å². The van der Waals surface area contributed by atoms with Crippen LogP contribution in [-0.2, 0) is 0 Å². The molecular weight excluding hydrogens is 212 g/mol. The molecule has 17 heavy (non-hydrogen) atoms. The smallest absolute Gasteiger partial charge is 0.319 e. The first-order valence-electron chi connectivity index (χ1n) is 6.32. The van der Waals surface area contributed by atoms with Crippen molar-refractivity contribution in [3.05, 3.63) is 30.3 Å². The maximum absolute atomic E-state index is 11.9. The molecule has 0 heterocycles. The molecule has 0 bridgehead atoms. The molecule has 2 rings (SSSR count). The van der Waals surface area contributed by atoms with Crippen molar-refractivity contribution in [1.82, 2.24) is 5.32 Å². The molecule has 0 unspecified atom stereocenters. The minimum atomic E-state index is -0.0967. The van der Waals surface area contributed by atoms with Crippen molar-refractivity contribution in [1.29, 1.82) is 0 Å². The van der Waals surface area contributed by atoms with Crippen molar-refractivity contribution < 1.29 is 4.79 Å². The van der Waals surface area contributed by atoms with Crippen LogP contribution in [0.3, 0.4) is 0 Å². The minimum Gasteiger partial charge on any atom is -0.333 e. The molecule has 0 saturated heterocycles. The van der Waals surface area contributed by atoms with Gasteiger partial charge in [-0.15, -0.1) is 0 Å². The van der Waals surface area contributed by atoms with E-state index in [0.29, 0.717) is 0 Å². The number of hydrogen-bond acceptors (Lipinski definition) is 1. The van der Waals surface area contributed by atoms with E-state index in [-0.39, 0.29) is 11.6 Å². The van der Waals surface area contributed by atoms with Crippen LogP contribution in [-0.4, -0.2) is 11.6 Å². The molecule has 2 amide bonds. The summed E-state index contributed by atoms with van der Waals surface area (Å²) in [7, 11) is 0. The lowest BCUT2D eigenvalue weighted by Crippen LogP contribution is -2.48. The zero-order valence-electron chi connectivity index (χ0n) is 10.3. The molecule has 1 fully saturated rings. The molecule has 1 aromatic rings. The Morgan fingerprint density at radius 3 is 2.41 bits per heavy atom. The molecular formula is C14H20N2O.